The Bertz CT molecular complexity index is 1040. The molecule has 0 unspecified atom stereocenters. The van der Waals surface area contributed by atoms with Gasteiger partial charge in [0.25, 0.3) is 5.91 Å². The van der Waals surface area contributed by atoms with E-state index >= 15 is 0 Å². The molecule has 0 radical (unpaired) electrons. The van der Waals surface area contributed by atoms with Crippen LogP contribution in [0, 0.1) is 0 Å². The molecular weight excluding hydrogens is 439 g/mol. The SMILES string of the molecule is COc1ccc(CNC(=O)c2cc(S(=O)(=O)NC3CC3)c(Cl)cc2Cl)cc1OC. The molecule has 1 saturated carbocycles. The molecule has 3 rings (SSSR count). The lowest BCUT2D eigenvalue weighted by Gasteiger charge is -2.13. The van der Waals surface area contributed by atoms with Gasteiger partial charge in [0.1, 0.15) is 4.90 Å². The molecule has 0 spiro atoms. The van der Waals surface area contributed by atoms with Crippen LogP contribution in [0.1, 0.15) is 28.8 Å². The minimum absolute atomic E-state index is 0.0210. The zero-order valence-corrected chi connectivity index (χ0v) is 18.1. The highest BCUT2D eigenvalue weighted by atomic mass is 35.5. The fourth-order valence-electron chi connectivity index (χ4n) is 2.66. The third-order valence-electron chi connectivity index (χ3n) is 4.36. The van der Waals surface area contributed by atoms with Gasteiger partial charge in [0.15, 0.2) is 11.5 Å². The first-order valence-electron chi connectivity index (χ1n) is 8.75. The second-order valence-corrected chi connectivity index (χ2v) is 9.03. The second-order valence-electron chi connectivity index (χ2n) is 6.53. The first kappa shape index (κ1) is 21.7. The van der Waals surface area contributed by atoms with Gasteiger partial charge in [-0.1, -0.05) is 29.3 Å². The maximum atomic E-state index is 12.6. The smallest absolute Gasteiger partial charge is 0.253 e. The van der Waals surface area contributed by atoms with Crippen LogP contribution in [0.15, 0.2) is 35.2 Å². The average Bonchev–Trinajstić information content (AvgIpc) is 3.48. The fraction of sp³-hybridized carbons (Fsp3) is 0.316. The summed E-state index contributed by atoms with van der Waals surface area (Å²) in [7, 11) is -0.783. The number of benzene rings is 2. The maximum absolute atomic E-state index is 12.6. The summed E-state index contributed by atoms with van der Waals surface area (Å²) in [5, 5.41) is 2.74. The number of halogens is 2. The molecule has 2 aromatic carbocycles. The third-order valence-corrected chi connectivity index (χ3v) is 6.65. The van der Waals surface area contributed by atoms with Crippen molar-refractivity contribution in [1.82, 2.24) is 10.0 Å². The van der Waals surface area contributed by atoms with Crippen LogP contribution < -0.4 is 19.5 Å². The Morgan fingerprint density at radius 1 is 1.07 bits per heavy atom. The van der Waals surface area contributed by atoms with Crippen molar-refractivity contribution in [2.45, 2.75) is 30.3 Å². The van der Waals surface area contributed by atoms with E-state index in [2.05, 4.69) is 10.0 Å². The van der Waals surface area contributed by atoms with Crippen LogP contribution in [-0.2, 0) is 16.6 Å². The number of methoxy groups -OCH3 is 2. The first-order chi connectivity index (χ1) is 13.7. The van der Waals surface area contributed by atoms with Gasteiger partial charge in [-0.3, -0.25) is 4.79 Å². The lowest BCUT2D eigenvalue weighted by Crippen LogP contribution is -2.27. The summed E-state index contributed by atoms with van der Waals surface area (Å²) in [6.07, 6.45) is 1.56. The molecule has 7 nitrogen and oxygen atoms in total. The van der Waals surface area contributed by atoms with Crippen molar-refractivity contribution < 1.29 is 22.7 Å². The standard InChI is InChI=1S/C19H20Cl2N2O5S/c1-27-16-6-3-11(7-17(16)28-2)10-22-19(24)13-8-18(15(21)9-14(13)20)29(25,26)23-12-4-5-12/h3,6-9,12,23H,4-5,10H2,1-2H3,(H,22,24). The van der Waals surface area contributed by atoms with Crippen molar-refractivity contribution in [2.75, 3.05) is 14.2 Å². The Hall–Kier alpha value is -2.00. The van der Waals surface area contributed by atoms with Crippen LogP contribution in [0.4, 0.5) is 0 Å². The van der Waals surface area contributed by atoms with Crippen LogP contribution in [0.3, 0.4) is 0 Å². The van der Waals surface area contributed by atoms with Crippen molar-refractivity contribution in [3.63, 3.8) is 0 Å². The zero-order chi connectivity index (χ0) is 21.2. The maximum Gasteiger partial charge on any atom is 0.253 e. The van der Waals surface area contributed by atoms with Crippen LogP contribution >= 0.6 is 23.2 Å². The highest BCUT2D eigenvalue weighted by Crippen LogP contribution is 2.31. The van der Waals surface area contributed by atoms with E-state index in [-0.39, 0.29) is 33.1 Å². The Balaban J connectivity index is 1.79. The molecule has 1 fully saturated rings. The van der Waals surface area contributed by atoms with E-state index in [0.717, 1.165) is 18.4 Å². The third kappa shape index (κ3) is 5.14. The van der Waals surface area contributed by atoms with Crippen molar-refractivity contribution in [2.24, 2.45) is 0 Å². The van der Waals surface area contributed by atoms with Crippen molar-refractivity contribution in [1.29, 1.82) is 0 Å². The number of hydrogen-bond donors (Lipinski definition) is 2. The molecule has 0 bridgehead atoms. The van der Waals surface area contributed by atoms with Gasteiger partial charge in [-0.05, 0) is 42.7 Å². The Labute approximate surface area is 179 Å². The van der Waals surface area contributed by atoms with E-state index < -0.39 is 15.9 Å². The molecular formula is C19H20Cl2N2O5S. The molecule has 2 N–H and O–H groups in total. The van der Waals surface area contributed by atoms with E-state index in [1.165, 1.54) is 26.4 Å². The molecule has 29 heavy (non-hydrogen) atoms. The van der Waals surface area contributed by atoms with Crippen molar-refractivity contribution in [3.8, 4) is 11.5 Å². The molecule has 0 aliphatic heterocycles. The van der Waals surface area contributed by atoms with E-state index in [1.807, 2.05) is 0 Å². The van der Waals surface area contributed by atoms with Gasteiger partial charge >= 0.3 is 0 Å². The zero-order valence-electron chi connectivity index (χ0n) is 15.8. The number of ether oxygens (including phenoxy) is 2. The minimum Gasteiger partial charge on any atom is -0.493 e. The summed E-state index contributed by atoms with van der Waals surface area (Å²) in [6, 6.07) is 7.60. The van der Waals surface area contributed by atoms with Crippen LogP contribution in [0.2, 0.25) is 10.0 Å². The summed E-state index contributed by atoms with van der Waals surface area (Å²) < 4.78 is 38.0. The molecule has 0 atom stereocenters. The number of rotatable bonds is 8. The van der Waals surface area contributed by atoms with E-state index in [4.69, 9.17) is 32.7 Å². The van der Waals surface area contributed by atoms with Crippen LogP contribution in [0.25, 0.3) is 0 Å². The predicted octanol–water partition coefficient (Wildman–Crippen LogP) is 3.38. The molecule has 156 valence electrons. The van der Waals surface area contributed by atoms with Gasteiger partial charge in [0, 0.05) is 12.6 Å². The highest BCUT2D eigenvalue weighted by molar-refractivity contribution is 7.89. The predicted molar refractivity (Wildman–Crippen MR) is 111 cm³/mol. The van der Waals surface area contributed by atoms with Gasteiger partial charge in [0.2, 0.25) is 10.0 Å². The lowest BCUT2D eigenvalue weighted by molar-refractivity contribution is 0.0951. The van der Waals surface area contributed by atoms with E-state index in [1.54, 1.807) is 18.2 Å². The largest absolute Gasteiger partial charge is 0.493 e. The monoisotopic (exact) mass is 458 g/mol. The van der Waals surface area contributed by atoms with Crippen LogP contribution in [-0.4, -0.2) is 34.6 Å². The lowest BCUT2D eigenvalue weighted by atomic mass is 10.1. The van der Waals surface area contributed by atoms with Crippen molar-refractivity contribution in [3.05, 3.63) is 51.5 Å². The summed E-state index contributed by atoms with van der Waals surface area (Å²) in [6.45, 7) is 0.181. The van der Waals surface area contributed by atoms with Gasteiger partial charge in [-0.15, -0.1) is 0 Å². The molecule has 0 heterocycles. The minimum atomic E-state index is -3.84. The van der Waals surface area contributed by atoms with Crippen LogP contribution in [0.5, 0.6) is 11.5 Å². The van der Waals surface area contributed by atoms with E-state index in [9.17, 15) is 13.2 Å². The molecule has 10 heteroatoms. The number of hydrogen-bond acceptors (Lipinski definition) is 5. The number of carbonyl (C=O) groups is 1. The van der Waals surface area contributed by atoms with Gasteiger partial charge in [-0.2, -0.15) is 0 Å². The van der Waals surface area contributed by atoms with Gasteiger partial charge < -0.3 is 14.8 Å². The molecule has 1 aliphatic rings. The number of carbonyl (C=O) groups excluding carboxylic acids is 1. The number of amides is 1. The Kier molecular flexibility index (Phi) is 6.58. The van der Waals surface area contributed by atoms with E-state index in [0.29, 0.717) is 11.5 Å². The Morgan fingerprint density at radius 3 is 2.38 bits per heavy atom. The number of nitrogens with one attached hydrogen (secondary N) is 2. The summed E-state index contributed by atoms with van der Waals surface area (Å²) >= 11 is 12.2. The average molecular weight is 459 g/mol. The molecule has 2 aromatic rings. The van der Waals surface area contributed by atoms with Gasteiger partial charge in [-0.25, -0.2) is 13.1 Å². The summed E-state index contributed by atoms with van der Waals surface area (Å²) in [5.41, 5.74) is 0.789. The fourth-order valence-corrected chi connectivity index (χ4v) is 4.83. The highest BCUT2D eigenvalue weighted by Gasteiger charge is 2.30. The molecule has 0 aromatic heterocycles. The molecule has 1 amide bonds. The molecule has 1 aliphatic carbocycles. The summed E-state index contributed by atoms with van der Waals surface area (Å²) in [5.74, 6) is 0.578. The second kappa shape index (κ2) is 8.79. The summed E-state index contributed by atoms with van der Waals surface area (Å²) in [4.78, 5) is 12.5. The number of sulfonamides is 1. The normalized spacial score (nSPS) is 13.8. The molecule has 0 saturated heterocycles. The quantitative estimate of drug-likeness (QED) is 0.632. The Morgan fingerprint density at radius 2 is 1.76 bits per heavy atom. The topological polar surface area (TPSA) is 93.7 Å². The first-order valence-corrected chi connectivity index (χ1v) is 11.0. The van der Waals surface area contributed by atoms with Crippen molar-refractivity contribution >= 4 is 39.1 Å². The van der Waals surface area contributed by atoms with Gasteiger partial charge in [0.05, 0.1) is 29.8 Å².